The third-order valence-electron chi connectivity index (χ3n) is 3.55. The van der Waals surface area contributed by atoms with Crippen molar-refractivity contribution in [3.05, 3.63) is 29.3 Å². The summed E-state index contributed by atoms with van der Waals surface area (Å²) in [4.78, 5) is 0. The van der Waals surface area contributed by atoms with Crippen LogP contribution in [0.1, 0.15) is 36.8 Å². The topological polar surface area (TPSA) is 42.2 Å². The van der Waals surface area contributed by atoms with Crippen LogP contribution in [0.15, 0.2) is 18.2 Å². The van der Waals surface area contributed by atoms with Crippen LogP contribution >= 0.6 is 0 Å². The van der Waals surface area contributed by atoms with Crippen LogP contribution < -0.4 is 4.74 Å². The van der Waals surface area contributed by atoms with Crippen molar-refractivity contribution < 1.29 is 9.47 Å². The maximum absolute atomic E-state index is 8.99. The van der Waals surface area contributed by atoms with E-state index in [1.54, 1.807) is 7.11 Å². The van der Waals surface area contributed by atoms with E-state index in [4.69, 9.17) is 14.7 Å². The Hall–Kier alpha value is -1.53. The second-order valence-corrected chi connectivity index (χ2v) is 4.78. The first-order valence-corrected chi connectivity index (χ1v) is 6.48. The molecule has 0 unspecified atom stereocenters. The highest BCUT2D eigenvalue weighted by Crippen LogP contribution is 2.29. The predicted octanol–water partition coefficient (Wildman–Crippen LogP) is 3.27. The largest absolute Gasteiger partial charge is 0.495 e. The molecule has 1 aliphatic carbocycles. The summed E-state index contributed by atoms with van der Waals surface area (Å²) in [5, 5.41) is 8.99. The van der Waals surface area contributed by atoms with Crippen LogP contribution in [0.3, 0.4) is 0 Å². The third kappa shape index (κ3) is 3.24. The van der Waals surface area contributed by atoms with E-state index in [0.29, 0.717) is 17.9 Å². The first-order chi connectivity index (χ1) is 8.83. The van der Waals surface area contributed by atoms with E-state index in [-0.39, 0.29) is 0 Å². The maximum atomic E-state index is 8.99. The second-order valence-electron chi connectivity index (χ2n) is 4.78. The molecule has 1 aromatic rings. The van der Waals surface area contributed by atoms with Gasteiger partial charge in [0.1, 0.15) is 11.8 Å². The minimum Gasteiger partial charge on any atom is -0.495 e. The number of hydrogen-bond acceptors (Lipinski definition) is 3. The van der Waals surface area contributed by atoms with Crippen molar-refractivity contribution >= 4 is 0 Å². The van der Waals surface area contributed by atoms with Crippen LogP contribution in [-0.4, -0.2) is 13.7 Å². The van der Waals surface area contributed by atoms with E-state index in [0.717, 1.165) is 18.1 Å². The molecule has 0 N–H and O–H groups in total. The Balaban J connectivity index is 1.79. The maximum Gasteiger partial charge on any atom is 0.136 e. The monoisotopic (exact) mass is 245 g/mol. The molecule has 0 radical (unpaired) electrons. The first kappa shape index (κ1) is 12.9. The van der Waals surface area contributed by atoms with Crippen molar-refractivity contribution in [1.82, 2.24) is 0 Å². The minimum absolute atomic E-state index is 0.567. The van der Waals surface area contributed by atoms with Crippen molar-refractivity contribution in [2.45, 2.75) is 32.3 Å². The lowest BCUT2D eigenvalue weighted by Crippen LogP contribution is -2.13. The van der Waals surface area contributed by atoms with Gasteiger partial charge in [-0.3, -0.25) is 0 Å². The smallest absolute Gasteiger partial charge is 0.136 e. The molecule has 0 heterocycles. The summed E-state index contributed by atoms with van der Waals surface area (Å²) in [7, 11) is 1.57. The third-order valence-corrected chi connectivity index (χ3v) is 3.55. The SMILES string of the molecule is COc1ccc(COCCC2CCC2)cc1C#N. The van der Waals surface area contributed by atoms with Crippen LogP contribution in [0.25, 0.3) is 0 Å². The average Bonchev–Trinajstić information content (AvgIpc) is 2.36. The average molecular weight is 245 g/mol. The van der Waals surface area contributed by atoms with E-state index in [1.807, 2.05) is 18.2 Å². The van der Waals surface area contributed by atoms with E-state index >= 15 is 0 Å². The molecule has 0 saturated heterocycles. The van der Waals surface area contributed by atoms with E-state index in [2.05, 4.69) is 6.07 Å². The lowest BCUT2D eigenvalue weighted by molar-refractivity contribution is 0.0949. The molecule has 1 saturated carbocycles. The summed E-state index contributed by atoms with van der Waals surface area (Å²) >= 11 is 0. The number of ether oxygens (including phenoxy) is 2. The van der Waals surface area contributed by atoms with E-state index in [1.165, 1.54) is 25.7 Å². The van der Waals surface area contributed by atoms with Crippen LogP contribution in [0, 0.1) is 17.2 Å². The number of benzene rings is 1. The Labute approximate surface area is 108 Å². The van der Waals surface area contributed by atoms with Gasteiger partial charge in [-0.05, 0) is 30.0 Å². The highest BCUT2D eigenvalue weighted by molar-refractivity contribution is 5.45. The zero-order chi connectivity index (χ0) is 12.8. The summed E-state index contributed by atoms with van der Waals surface area (Å²) in [5.41, 5.74) is 1.60. The second kappa shape index (κ2) is 6.42. The molecule has 3 heteroatoms. The Morgan fingerprint density at radius 3 is 2.83 bits per heavy atom. The van der Waals surface area contributed by atoms with Gasteiger partial charge in [-0.25, -0.2) is 0 Å². The summed E-state index contributed by atoms with van der Waals surface area (Å²) in [6, 6.07) is 7.74. The zero-order valence-corrected chi connectivity index (χ0v) is 10.8. The summed E-state index contributed by atoms with van der Waals surface area (Å²) in [5.74, 6) is 1.51. The molecule has 0 bridgehead atoms. The molecule has 0 spiro atoms. The van der Waals surface area contributed by atoms with Gasteiger partial charge in [0, 0.05) is 6.61 Å². The number of rotatable bonds is 6. The van der Waals surface area contributed by atoms with E-state index in [9.17, 15) is 0 Å². The number of methoxy groups -OCH3 is 1. The molecule has 1 aromatic carbocycles. The summed E-state index contributed by atoms with van der Waals surface area (Å²) in [6.45, 7) is 1.39. The van der Waals surface area contributed by atoms with Gasteiger partial charge in [-0.1, -0.05) is 25.3 Å². The molecular formula is C15H19NO2. The molecule has 0 amide bonds. The first-order valence-electron chi connectivity index (χ1n) is 6.48. The lowest BCUT2D eigenvalue weighted by atomic mass is 9.83. The molecule has 2 rings (SSSR count). The highest BCUT2D eigenvalue weighted by atomic mass is 16.5. The minimum atomic E-state index is 0.567. The fourth-order valence-electron chi connectivity index (χ4n) is 2.15. The number of nitriles is 1. The van der Waals surface area contributed by atoms with Gasteiger partial charge < -0.3 is 9.47 Å². The fourth-order valence-corrected chi connectivity index (χ4v) is 2.15. The fraction of sp³-hybridized carbons (Fsp3) is 0.533. The van der Waals surface area contributed by atoms with Gasteiger partial charge in [0.25, 0.3) is 0 Å². The zero-order valence-electron chi connectivity index (χ0n) is 10.8. The van der Waals surface area contributed by atoms with Crippen molar-refractivity contribution in [3.63, 3.8) is 0 Å². The lowest BCUT2D eigenvalue weighted by Gasteiger charge is -2.24. The van der Waals surface area contributed by atoms with Crippen molar-refractivity contribution in [1.29, 1.82) is 5.26 Å². The Bertz CT molecular complexity index is 433. The molecular weight excluding hydrogens is 226 g/mol. The summed E-state index contributed by atoms with van der Waals surface area (Å²) in [6.07, 6.45) is 5.28. The van der Waals surface area contributed by atoms with Crippen molar-refractivity contribution in [2.24, 2.45) is 5.92 Å². The Morgan fingerprint density at radius 2 is 2.22 bits per heavy atom. The van der Waals surface area contributed by atoms with Gasteiger partial charge in [-0.15, -0.1) is 0 Å². The standard InChI is InChI=1S/C15H19NO2/c1-17-15-6-5-13(9-14(15)10-16)11-18-8-7-12-3-2-4-12/h5-6,9,12H,2-4,7-8,11H2,1H3. The normalized spacial score (nSPS) is 14.9. The van der Waals surface area contributed by atoms with Crippen LogP contribution in [-0.2, 0) is 11.3 Å². The van der Waals surface area contributed by atoms with Gasteiger partial charge in [0.05, 0.1) is 19.3 Å². The number of hydrogen-bond donors (Lipinski definition) is 0. The molecule has 96 valence electrons. The predicted molar refractivity (Wildman–Crippen MR) is 69.3 cm³/mol. The van der Waals surface area contributed by atoms with Gasteiger partial charge in [0.15, 0.2) is 0 Å². The summed E-state index contributed by atoms with van der Waals surface area (Å²) < 4.78 is 10.8. The van der Waals surface area contributed by atoms with E-state index < -0.39 is 0 Å². The van der Waals surface area contributed by atoms with Crippen molar-refractivity contribution in [2.75, 3.05) is 13.7 Å². The number of nitrogens with zero attached hydrogens (tertiary/aromatic N) is 1. The van der Waals surface area contributed by atoms with Gasteiger partial charge >= 0.3 is 0 Å². The van der Waals surface area contributed by atoms with Gasteiger partial charge in [-0.2, -0.15) is 5.26 Å². The Kier molecular flexibility index (Phi) is 4.60. The van der Waals surface area contributed by atoms with Crippen molar-refractivity contribution in [3.8, 4) is 11.8 Å². The van der Waals surface area contributed by atoms with Gasteiger partial charge in [0.2, 0.25) is 0 Å². The van der Waals surface area contributed by atoms with Crippen LogP contribution in [0.5, 0.6) is 5.75 Å². The molecule has 3 nitrogen and oxygen atoms in total. The quantitative estimate of drug-likeness (QED) is 0.722. The molecule has 18 heavy (non-hydrogen) atoms. The van der Waals surface area contributed by atoms with Crippen LogP contribution in [0.4, 0.5) is 0 Å². The molecule has 0 aromatic heterocycles. The molecule has 0 atom stereocenters. The Morgan fingerprint density at radius 1 is 1.39 bits per heavy atom. The molecule has 1 fully saturated rings. The molecule has 0 aliphatic heterocycles. The highest BCUT2D eigenvalue weighted by Gasteiger charge is 2.16. The van der Waals surface area contributed by atoms with Crippen LogP contribution in [0.2, 0.25) is 0 Å². The molecule has 1 aliphatic rings.